The largest absolute Gasteiger partial charge is 0.507 e. The second-order valence-electron chi connectivity index (χ2n) is 8.23. The summed E-state index contributed by atoms with van der Waals surface area (Å²) < 4.78 is 0. The van der Waals surface area contributed by atoms with Gasteiger partial charge in [-0.15, -0.1) is 0 Å². The minimum atomic E-state index is 0.205. The van der Waals surface area contributed by atoms with E-state index in [4.69, 9.17) is 9.98 Å². The summed E-state index contributed by atoms with van der Waals surface area (Å²) >= 11 is 0. The van der Waals surface area contributed by atoms with Gasteiger partial charge in [-0.25, -0.2) is 0 Å². The Morgan fingerprint density at radius 1 is 0.471 bits per heavy atom. The smallest absolute Gasteiger partial charge is 0.124 e. The van der Waals surface area contributed by atoms with Gasteiger partial charge >= 0.3 is 0 Å². The molecule has 0 spiro atoms. The molecule has 0 heterocycles. The second kappa shape index (κ2) is 8.01. The third-order valence-electron chi connectivity index (χ3n) is 6.18. The quantitative estimate of drug-likeness (QED) is 0.220. The Labute approximate surface area is 196 Å². The van der Waals surface area contributed by atoms with Gasteiger partial charge in [-0.05, 0) is 57.9 Å². The summed E-state index contributed by atoms with van der Waals surface area (Å²) in [6.07, 6.45) is 3.40. The predicted octanol–water partition coefficient (Wildman–Crippen LogP) is 7.50. The maximum absolute atomic E-state index is 10.1. The van der Waals surface area contributed by atoms with Crippen molar-refractivity contribution >= 4 is 56.1 Å². The number of rotatable bonds is 4. The third kappa shape index (κ3) is 3.33. The average molecular weight is 441 g/mol. The Morgan fingerprint density at radius 3 is 1.32 bits per heavy atom. The first-order chi connectivity index (χ1) is 16.7. The summed E-state index contributed by atoms with van der Waals surface area (Å²) in [5.74, 6) is 0.409. The fraction of sp³-hybridized carbons (Fsp3) is 0. The molecule has 0 aliphatic heterocycles. The van der Waals surface area contributed by atoms with Crippen molar-refractivity contribution in [1.29, 1.82) is 0 Å². The van der Waals surface area contributed by atoms with Crippen LogP contribution in [0.25, 0.3) is 32.3 Å². The van der Waals surface area contributed by atoms with Crippen molar-refractivity contribution < 1.29 is 10.2 Å². The second-order valence-corrected chi connectivity index (χ2v) is 8.23. The van der Waals surface area contributed by atoms with Crippen molar-refractivity contribution in [3.63, 3.8) is 0 Å². The van der Waals surface area contributed by atoms with Crippen molar-refractivity contribution in [2.75, 3.05) is 0 Å². The summed E-state index contributed by atoms with van der Waals surface area (Å²) in [7, 11) is 0. The van der Waals surface area contributed by atoms with E-state index in [1.54, 1.807) is 36.7 Å². The molecule has 6 rings (SSSR count). The predicted molar refractivity (Wildman–Crippen MR) is 141 cm³/mol. The zero-order valence-corrected chi connectivity index (χ0v) is 18.2. The van der Waals surface area contributed by atoms with Crippen LogP contribution in [0.3, 0.4) is 0 Å². The Morgan fingerprint density at radius 2 is 0.882 bits per heavy atom. The van der Waals surface area contributed by atoms with Gasteiger partial charge in [0.05, 0.1) is 11.4 Å². The normalized spacial score (nSPS) is 12.1. The number of phenolic OH excluding ortho intramolecular Hbond substituents is 2. The van der Waals surface area contributed by atoms with Crippen LogP contribution in [0.2, 0.25) is 0 Å². The molecule has 6 aromatic rings. The standard InChI is InChI=1S/C30H20N2O2/c33-27-7-3-1-5-21(27)17-31-25-15-11-19-10-14-24-26(32-18-22-6-2-4-8-28(22)34)16-12-20-9-13-23(25)29(19)30(20)24/h1-18,33-34H. The van der Waals surface area contributed by atoms with Crippen molar-refractivity contribution in [2.45, 2.75) is 0 Å². The number of hydrogen-bond acceptors (Lipinski definition) is 4. The van der Waals surface area contributed by atoms with Crippen LogP contribution in [-0.4, -0.2) is 22.6 Å². The highest BCUT2D eigenvalue weighted by Gasteiger charge is 2.13. The number of aromatic hydroxyl groups is 2. The average Bonchev–Trinajstić information content (AvgIpc) is 2.87. The van der Waals surface area contributed by atoms with E-state index in [-0.39, 0.29) is 11.5 Å². The summed E-state index contributed by atoms with van der Waals surface area (Å²) in [6.45, 7) is 0. The minimum Gasteiger partial charge on any atom is -0.507 e. The number of para-hydroxylation sites is 2. The molecule has 0 amide bonds. The molecule has 162 valence electrons. The molecule has 0 saturated carbocycles. The highest BCUT2D eigenvalue weighted by molar-refractivity contribution is 6.27. The lowest BCUT2D eigenvalue weighted by Gasteiger charge is -2.13. The molecule has 2 N–H and O–H groups in total. The van der Waals surface area contributed by atoms with E-state index < -0.39 is 0 Å². The van der Waals surface area contributed by atoms with E-state index in [1.807, 2.05) is 36.4 Å². The molecule has 0 fully saturated rings. The molecule has 0 aliphatic rings. The fourth-order valence-electron chi connectivity index (χ4n) is 4.47. The van der Waals surface area contributed by atoms with Crippen LogP contribution < -0.4 is 0 Å². The van der Waals surface area contributed by atoms with Gasteiger partial charge in [0.2, 0.25) is 0 Å². The van der Waals surface area contributed by atoms with E-state index in [2.05, 4.69) is 36.4 Å². The van der Waals surface area contributed by atoms with Crippen molar-refractivity contribution in [2.24, 2.45) is 9.98 Å². The first-order valence-electron chi connectivity index (χ1n) is 11.0. The molecule has 4 heteroatoms. The first kappa shape index (κ1) is 19.9. The highest BCUT2D eigenvalue weighted by Crippen LogP contribution is 2.41. The minimum absolute atomic E-state index is 0.205. The van der Waals surface area contributed by atoms with Crippen LogP contribution in [0.4, 0.5) is 11.4 Å². The van der Waals surface area contributed by atoms with Gasteiger partial charge in [0.25, 0.3) is 0 Å². The number of aliphatic imine (C=N–C) groups is 2. The summed E-state index contributed by atoms with van der Waals surface area (Å²) in [6, 6.07) is 30.9. The molecule has 0 atom stereocenters. The van der Waals surface area contributed by atoms with Crippen molar-refractivity contribution in [3.05, 3.63) is 108 Å². The maximum Gasteiger partial charge on any atom is 0.124 e. The van der Waals surface area contributed by atoms with E-state index in [0.717, 1.165) is 43.7 Å². The fourth-order valence-corrected chi connectivity index (χ4v) is 4.47. The lowest BCUT2D eigenvalue weighted by molar-refractivity contribution is 0.474. The monoisotopic (exact) mass is 440 g/mol. The van der Waals surface area contributed by atoms with Gasteiger partial charge in [-0.3, -0.25) is 9.98 Å². The molecule has 6 aromatic carbocycles. The first-order valence-corrected chi connectivity index (χ1v) is 11.0. The van der Waals surface area contributed by atoms with Gasteiger partial charge in [-0.1, -0.05) is 60.7 Å². The molecule has 0 bridgehead atoms. The van der Waals surface area contributed by atoms with Gasteiger partial charge in [0.1, 0.15) is 11.5 Å². The van der Waals surface area contributed by atoms with Crippen LogP contribution in [0, 0.1) is 0 Å². The number of phenols is 2. The third-order valence-corrected chi connectivity index (χ3v) is 6.18. The van der Waals surface area contributed by atoms with Crippen LogP contribution in [0.15, 0.2) is 107 Å². The highest BCUT2D eigenvalue weighted by atomic mass is 16.3. The van der Waals surface area contributed by atoms with Crippen LogP contribution in [-0.2, 0) is 0 Å². The number of nitrogens with zero attached hydrogens (tertiary/aromatic N) is 2. The van der Waals surface area contributed by atoms with E-state index in [1.165, 1.54) is 0 Å². The molecule has 0 saturated heterocycles. The SMILES string of the molecule is Oc1ccccc1C=Nc1ccc2ccc3c(N=Cc4ccccc4O)ccc4ccc1c2c43. The van der Waals surface area contributed by atoms with Crippen LogP contribution in [0.1, 0.15) is 11.1 Å². The molecular formula is C30H20N2O2. The van der Waals surface area contributed by atoms with Crippen molar-refractivity contribution in [1.82, 2.24) is 0 Å². The molecular weight excluding hydrogens is 420 g/mol. The number of hydrogen-bond donors (Lipinski definition) is 2. The topological polar surface area (TPSA) is 65.2 Å². The Hall–Kier alpha value is -4.70. The Balaban J connectivity index is 1.52. The lowest BCUT2D eigenvalue weighted by Crippen LogP contribution is -1.86. The zero-order valence-electron chi connectivity index (χ0n) is 18.2. The lowest BCUT2D eigenvalue weighted by atomic mass is 9.93. The van der Waals surface area contributed by atoms with E-state index in [0.29, 0.717) is 11.1 Å². The van der Waals surface area contributed by atoms with Crippen molar-refractivity contribution in [3.8, 4) is 11.5 Å². The Kier molecular flexibility index (Phi) is 4.70. The van der Waals surface area contributed by atoms with Crippen LogP contribution in [0.5, 0.6) is 11.5 Å². The molecule has 0 aromatic heterocycles. The maximum atomic E-state index is 10.1. The van der Waals surface area contributed by atoms with E-state index in [9.17, 15) is 10.2 Å². The van der Waals surface area contributed by atoms with Gasteiger partial charge in [0, 0.05) is 34.3 Å². The van der Waals surface area contributed by atoms with Gasteiger partial charge < -0.3 is 10.2 Å². The summed E-state index contributed by atoms with van der Waals surface area (Å²) in [5, 5.41) is 26.8. The molecule has 0 unspecified atom stereocenters. The number of benzene rings is 6. The summed E-state index contributed by atoms with van der Waals surface area (Å²) in [4.78, 5) is 9.42. The molecule has 4 nitrogen and oxygen atoms in total. The van der Waals surface area contributed by atoms with E-state index >= 15 is 0 Å². The zero-order chi connectivity index (χ0) is 23.1. The Bertz CT molecular complexity index is 1600. The molecule has 34 heavy (non-hydrogen) atoms. The summed E-state index contributed by atoms with van der Waals surface area (Å²) in [5.41, 5.74) is 3.03. The molecule has 0 radical (unpaired) electrons. The van der Waals surface area contributed by atoms with Gasteiger partial charge in [0.15, 0.2) is 0 Å². The van der Waals surface area contributed by atoms with Crippen LogP contribution >= 0.6 is 0 Å². The molecule has 0 aliphatic carbocycles. The van der Waals surface area contributed by atoms with Gasteiger partial charge in [-0.2, -0.15) is 0 Å².